The summed E-state index contributed by atoms with van der Waals surface area (Å²) in [6, 6.07) is 8.05. The van der Waals surface area contributed by atoms with E-state index >= 15 is 0 Å². The monoisotopic (exact) mass is 311 g/mol. The normalized spacial score (nSPS) is 12.4. The summed E-state index contributed by atoms with van der Waals surface area (Å²) in [5.41, 5.74) is 2.98. The van der Waals surface area contributed by atoms with Crippen molar-refractivity contribution in [1.82, 2.24) is 14.4 Å². The van der Waals surface area contributed by atoms with Crippen molar-refractivity contribution in [3.8, 4) is 11.1 Å². The average Bonchev–Trinajstić information content (AvgIpc) is 2.98. The van der Waals surface area contributed by atoms with E-state index in [9.17, 15) is 4.79 Å². The van der Waals surface area contributed by atoms with Crippen LogP contribution in [0, 0.1) is 0 Å². The number of fused-ring (bicyclic) bond motifs is 1. The molecule has 6 nitrogen and oxygen atoms in total. The standard InChI is InChI=1S/C17H17N3O3/c1-3-23-11(2)12-4-6-13(7-5-12)14-8-18-17-19-15(16(21)22)10-20(17)9-14/h4-11H,3H2,1-2H3,(H,21,22)/t11-/m1/s1. The van der Waals surface area contributed by atoms with Gasteiger partial charge in [-0.25, -0.2) is 14.8 Å². The maximum atomic E-state index is 11.0. The number of carbonyl (C=O) groups is 1. The number of carboxylic acid groups (broad SMARTS) is 1. The lowest BCUT2D eigenvalue weighted by atomic mass is 10.0. The van der Waals surface area contributed by atoms with Gasteiger partial charge in [0.05, 0.1) is 6.10 Å². The summed E-state index contributed by atoms with van der Waals surface area (Å²) in [5.74, 6) is -0.695. The minimum absolute atomic E-state index is 0.0180. The fourth-order valence-electron chi connectivity index (χ4n) is 2.43. The van der Waals surface area contributed by atoms with E-state index in [0.29, 0.717) is 12.4 Å². The Labute approximate surface area is 133 Å². The molecule has 0 spiro atoms. The van der Waals surface area contributed by atoms with Gasteiger partial charge < -0.3 is 9.84 Å². The zero-order valence-corrected chi connectivity index (χ0v) is 12.9. The van der Waals surface area contributed by atoms with Gasteiger partial charge in [-0.1, -0.05) is 24.3 Å². The van der Waals surface area contributed by atoms with Crippen LogP contribution in [0.5, 0.6) is 0 Å². The van der Waals surface area contributed by atoms with Crippen LogP contribution < -0.4 is 0 Å². The number of hydrogen-bond acceptors (Lipinski definition) is 4. The van der Waals surface area contributed by atoms with Crippen molar-refractivity contribution in [2.75, 3.05) is 6.61 Å². The van der Waals surface area contributed by atoms with Crippen LogP contribution in [0.25, 0.3) is 16.9 Å². The van der Waals surface area contributed by atoms with Crippen LogP contribution in [-0.2, 0) is 4.74 Å². The maximum Gasteiger partial charge on any atom is 0.356 e. The van der Waals surface area contributed by atoms with E-state index in [0.717, 1.165) is 16.7 Å². The van der Waals surface area contributed by atoms with Crippen LogP contribution >= 0.6 is 0 Å². The lowest BCUT2D eigenvalue weighted by Gasteiger charge is -2.12. The number of ether oxygens (including phenoxy) is 1. The lowest BCUT2D eigenvalue weighted by molar-refractivity contribution is 0.0691. The summed E-state index contributed by atoms with van der Waals surface area (Å²) in [5, 5.41) is 8.98. The molecule has 3 rings (SSSR count). The second kappa shape index (κ2) is 6.18. The Morgan fingerprint density at radius 1 is 1.26 bits per heavy atom. The summed E-state index contributed by atoms with van der Waals surface area (Å²) in [4.78, 5) is 19.1. The summed E-state index contributed by atoms with van der Waals surface area (Å²) in [6.45, 7) is 4.67. The van der Waals surface area contributed by atoms with Gasteiger partial charge in [0.25, 0.3) is 0 Å². The molecule has 0 aliphatic heterocycles. The molecule has 0 unspecified atom stereocenters. The SMILES string of the molecule is CCO[C@H](C)c1ccc(-c2cnc3nc(C(=O)O)cn3c2)cc1. The molecule has 118 valence electrons. The highest BCUT2D eigenvalue weighted by atomic mass is 16.5. The molecule has 0 radical (unpaired) electrons. The number of carboxylic acids is 1. The number of imidazole rings is 1. The van der Waals surface area contributed by atoms with Gasteiger partial charge in [0.1, 0.15) is 0 Å². The van der Waals surface area contributed by atoms with Gasteiger partial charge in [-0.3, -0.25) is 4.40 Å². The van der Waals surface area contributed by atoms with E-state index in [2.05, 4.69) is 9.97 Å². The molecule has 1 N–H and O–H groups in total. The van der Waals surface area contributed by atoms with E-state index in [1.54, 1.807) is 10.6 Å². The molecule has 2 heterocycles. The smallest absolute Gasteiger partial charge is 0.356 e. The molecule has 0 saturated carbocycles. The molecule has 2 aromatic heterocycles. The Morgan fingerprint density at radius 3 is 2.65 bits per heavy atom. The minimum Gasteiger partial charge on any atom is -0.476 e. The molecular formula is C17H17N3O3. The second-order valence-electron chi connectivity index (χ2n) is 5.20. The number of hydrogen-bond donors (Lipinski definition) is 1. The molecule has 3 aromatic rings. The third kappa shape index (κ3) is 3.07. The van der Waals surface area contributed by atoms with Gasteiger partial charge in [-0.15, -0.1) is 0 Å². The molecule has 0 saturated heterocycles. The van der Waals surface area contributed by atoms with E-state index in [1.807, 2.05) is 44.3 Å². The van der Waals surface area contributed by atoms with Crippen molar-refractivity contribution in [3.63, 3.8) is 0 Å². The van der Waals surface area contributed by atoms with E-state index in [-0.39, 0.29) is 11.8 Å². The van der Waals surface area contributed by atoms with Crippen LogP contribution in [0.3, 0.4) is 0 Å². The predicted octanol–water partition coefficient (Wildman–Crippen LogP) is 3.19. The molecule has 6 heteroatoms. The maximum absolute atomic E-state index is 11.0. The van der Waals surface area contributed by atoms with Crippen molar-refractivity contribution in [2.24, 2.45) is 0 Å². The molecule has 1 atom stereocenters. The molecule has 0 bridgehead atoms. The molecule has 0 amide bonds. The molecule has 23 heavy (non-hydrogen) atoms. The van der Waals surface area contributed by atoms with Crippen LogP contribution in [0.1, 0.15) is 36.0 Å². The fourth-order valence-corrected chi connectivity index (χ4v) is 2.43. The third-order valence-corrected chi connectivity index (χ3v) is 3.66. The largest absolute Gasteiger partial charge is 0.476 e. The minimum atomic E-state index is -1.06. The Morgan fingerprint density at radius 2 is 2.00 bits per heavy atom. The zero-order chi connectivity index (χ0) is 16.4. The summed E-state index contributed by atoms with van der Waals surface area (Å²) in [6.07, 6.45) is 5.03. The van der Waals surface area contributed by atoms with Gasteiger partial charge >= 0.3 is 5.97 Å². The van der Waals surface area contributed by atoms with Crippen molar-refractivity contribution >= 4 is 11.7 Å². The van der Waals surface area contributed by atoms with Crippen LogP contribution in [0.2, 0.25) is 0 Å². The first-order chi connectivity index (χ1) is 11.1. The van der Waals surface area contributed by atoms with E-state index in [1.165, 1.54) is 6.20 Å². The molecular weight excluding hydrogens is 294 g/mol. The Balaban J connectivity index is 1.91. The second-order valence-corrected chi connectivity index (χ2v) is 5.20. The third-order valence-electron chi connectivity index (χ3n) is 3.66. The highest BCUT2D eigenvalue weighted by Gasteiger charge is 2.10. The van der Waals surface area contributed by atoms with Gasteiger partial charge in [0.2, 0.25) is 5.78 Å². The Bertz CT molecular complexity index is 840. The summed E-state index contributed by atoms with van der Waals surface area (Å²) < 4.78 is 7.20. The van der Waals surface area contributed by atoms with Crippen LogP contribution in [0.4, 0.5) is 0 Å². The lowest BCUT2D eigenvalue weighted by Crippen LogP contribution is -1.99. The van der Waals surface area contributed by atoms with E-state index in [4.69, 9.17) is 9.84 Å². The van der Waals surface area contributed by atoms with Crippen LogP contribution in [-0.4, -0.2) is 32.1 Å². The number of benzene rings is 1. The number of aromatic nitrogens is 3. The van der Waals surface area contributed by atoms with Gasteiger partial charge in [-0.05, 0) is 25.0 Å². The fraction of sp³-hybridized carbons (Fsp3) is 0.235. The molecule has 0 aliphatic rings. The summed E-state index contributed by atoms with van der Waals surface area (Å²) >= 11 is 0. The van der Waals surface area contributed by atoms with Crippen molar-refractivity contribution < 1.29 is 14.6 Å². The molecule has 0 fully saturated rings. The first-order valence-corrected chi connectivity index (χ1v) is 7.38. The predicted molar refractivity (Wildman–Crippen MR) is 85.4 cm³/mol. The van der Waals surface area contributed by atoms with Crippen molar-refractivity contribution in [2.45, 2.75) is 20.0 Å². The topological polar surface area (TPSA) is 76.7 Å². The number of nitrogens with zero attached hydrogens (tertiary/aromatic N) is 3. The highest BCUT2D eigenvalue weighted by molar-refractivity contribution is 5.85. The van der Waals surface area contributed by atoms with E-state index < -0.39 is 5.97 Å². The average molecular weight is 311 g/mol. The van der Waals surface area contributed by atoms with Gasteiger partial charge in [0, 0.05) is 30.8 Å². The quantitative estimate of drug-likeness (QED) is 0.783. The van der Waals surface area contributed by atoms with Crippen LogP contribution in [0.15, 0.2) is 42.9 Å². The first kappa shape index (κ1) is 15.2. The van der Waals surface area contributed by atoms with Crippen molar-refractivity contribution in [1.29, 1.82) is 0 Å². The van der Waals surface area contributed by atoms with Gasteiger partial charge in [-0.2, -0.15) is 0 Å². The van der Waals surface area contributed by atoms with Gasteiger partial charge in [0.15, 0.2) is 5.69 Å². The van der Waals surface area contributed by atoms with Crippen molar-refractivity contribution in [3.05, 3.63) is 54.1 Å². The summed E-state index contributed by atoms with van der Waals surface area (Å²) in [7, 11) is 0. The highest BCUT2D eigenvalue weighted by Crippen LogP contribution is 2.23. The Hall–Kier alpha value is -2.73. The number of aromatic carboxylic acids is 1. The molecule has 1 aromatic carbocycles. The molecule has 0 aliphatic carbocycles. The zero-order valence-electron chi connectivity index (χ0n) is 12.9. The Kier molecular flexibility index (Phi) is 4.08. The number of rotatable bonds is 5. The first-order valence-electron chi connectivity index (χ1n) is 7.38.